The molecule has 9 aromatic rings. The number of thiophene rings is 3. The average molecular weight is 1610 g/mol. The number of halogens is 2. The highest BCUT2D eigenvalue weighted by Crippen LogP contribution is 2.37. The molecular formula is C67H74BrClN12O16S6. The van der Waals surface area contributed by atoms with Crippen LogP contribution in [0.1, 0.15) is 142 Å². The van der Waals surface area contributed by atoms with Crippen molar-refractivity contribution in [2.24, 2.45) is 33.2 Å². The summed E-state index contributed by atoms with van der Waals surface area (Å²) >= 11 is 13.7. The fraction of sp³-hybridized carbons (Fsp3) is 0.358. The molecule has 0 spiro atoms. The molecule has 3 saturated carbocycles. The molecule has 0 aliphatic heterocycles. The van der Waals surface area contributed by atoms with Gasteiger partial charge in [-0.1, -0.05) is 60.5 Å². The second-order valence-electron chi connectivity index (χ2n) is 25.2. The van der Waals surface area contributed by atoms with Gasteiger partial charge in [0.1, 0.15) is 48.0 Å². The van der Waals surface area contributed by atoms with E-state index in [-0.39, 0.29) is 61.2 Å². The quantitative estimate of drug-likeness (QED) is 0.0217. The first-order valence-electron chi connectivity index (χ1n) is 32.1. The van der Waals surface area contributed by atoms with E-state index in [1.165, 1.54) is 82.7 Å². The van der Waals surface area contributed by atoms with E-state index in [4.69, 9.17) is 31.4 Å². The number of aromatic nitrogens is 6. The Balaban J connectivity index is 0.000000166. The normalized spacial score (nSPS) is 20.7. The zero-order chi connectivity index (χ0) is 73.9. The third-order valence-electron chi connectivity index (χ3n) is 17.4. The van der Waals surface area contributed by atoms with Crippen LogP contribution >= 0.6 is 61.5 Å². The van der Waals surface area contributed by atoms with Gasteiger partial charge < -0.3 is 35.7 Å². The number of nitrogens with two attached hydrogens (primary N) is 3. The lowest BCUT2D eigenvalue weighted by atomic mass is 9.94. The smallest absolute Gasteiger partial charge is 0.333 e. The fourth-order valence-corrected chi connectivity index (χ4v) is 17.0. The zero-order valence-corrected chi connectivity index (χ0v) is 62.7. The Hall–Kier alpha value is -7.27. The Morgan fingerprint density at radius 2 is 1.05 bits per heavy atom. The number of aryl methyl sites for hydroxylation is 2. The molecule has 548 valence electrons. The van der Waals surface area contributed by atoms with Crippen LogP contribution in [0.15, 0.2) is 135 Å². The number of anilines is 3. The van der Waals surface area contributed by atoms with Crippen LogP contribution in [0.2, 0.25) is 5.02 Å². The lowest BCUT2D eigenvalue weighted by molar-refractivity contribution is 0.100. The number of hydrogen-bond acceptors (Lipinski definition) is 28. The van der Waals surface area contributed by atoms with Crippen LogP contribution in [0.5, 0.6) is 0 Å². The Morgan fingerprint density at radius 1 is 0.583 bits per heavy atom. The standard InChI is InChI=1S/C24H28N4O5S2.C22H22BrClN4O5S2.C21H24N4O6S2/c1-14-4-3-5-16(6-14)15(2)18-8-22(34-12-18)23(30)20-10-26-13-27-24(20)28-19-7-17(21(29)9-19)11-33-35(25,31)32;23-21-13(4-12-2-1-3-15(24)5-12)7-19(34-21)20(30)17-9-26-11-27-22(17)28-16-6-14(18(29)8-16)10-33-35(25,31)32;1-12-2-3-16(31-12)4-13-5-19(32-10-13)20(27)17-8-23-11-24-21(17)25-15-6-14(18(26)7-15)9-30-33(22,28)29/h3-6,8,10,12-13,15,17,19,21,29H,7,9,11H2,1-2H3,(H2,25,31,32)(H,26,27,28);1-3,5,7,9,11,14,16,18,29H,4,6,8,10H2,(H2,25,31,32)(H,26,27,28);2-3,5,8,10-11,14-15,18,26H,4,6-7,9H2,1H3,(H2,22,28,29)(H,23,24,25)/t15?,17-,19-,21+;14-,16-,18+;14-,15-,18+/m111/s1. The molecule has 1 unspecified atom stereocenters. The number of carbonyl (C=O) groups excluding carboxylic acids is 3. The van der Waals surface area contributed by atoms with Gasteiger partial charge in [0.05, 0.1) is 73.2 Å². The molecule has 3 aliphatic rings. The maximum Gasteiger partial charge on any atom is 0.333 e. The molecule has 28 nitrogen and oxygen atoms in total. The first-order valence-corrected chi connectivity index (χ1v) is 40.2. The summed E-state index contributed by atoms with van der Waals surface area (Å²) in [5, 5.41) is 59.7. The third-order valence-corrected chi connectivity index (χ3v) is 22.9. The molecule has 0 radical (unpaired) electrons. The Kier molecular flexibility index (Phi) is 26.4. The molecule has 0 amide bonds. The summed E-state index contributed by atoms with van der Waals surface area (Å²) in [5.74, 6) is 1.02. The van der Waals surface area contributed by atoms with E-state index in [9.17, 15) is 55.0 Å². The van der Waals surface area contributed by atoms with Crippen LogP contribution in [0.25, 0.3) is 0 Å². The van der Waals surface area contributed by atoms with E-state index in [1.54, 1.807) is 0 Å². The van der Waals surface area contributed by atoms with Gasteiger partial charge in [0.2, 0.25) is 17.3 Å². The second kappa shape index (κ2) is 34.8. The molecule has 3 aliphatic carbocycles. The van der Waals surface area contributed by atoms with E-state index in [0.29, 0.717) is 105 Å². The Bertz CT molecular complexity index is 4830. The number of carbonyl (C=O) groups is 3. The van der Waals surface area contributed by atoms with E-state index in [1.807, 2.05) is 78.3 Å². The van der Waals surface area contributed by atoms with E-state index >= 15 is 0 Å². The van der Waals surface area contributed by atoms with Crippen molar-refractivity contribution < 1.29 is 71.9 Å². The van der Waals surface area contributed by atoms with Gasteiger partial charge in [-0.05, 0) is 156 Å². The van der Waals surface area contributed by atoms with Crippen molar-refractivity contribution in [1.29, 1.82) is 0 Å². The Morgan fingerprint density at radius 3 is 1.50 bits per heavy atom. The minimum atomic E-state index is -4.09. The van der Waals surface area contributed by atoms with Crippen molar-refractivity contribution in [2.45, 2.75) is 114 Å². The van der Waals surface area contributed by atoms with Crippen molar-refractivity contribution >= 4 is 127 Å². The molecule has 103 heavy (non-hydrogen) atoms. The molecule has 0 saturated heterocycles. The maximum atomic E-state index is 13.4. The number of ketones is 3. The highest BCUT2D eigenvalue weighted by atomic mass is 79.9. The van der Waals surface area contributed by atoms with Crippen LogP contribution in [-0.4, -0.2) is 144 Å². The summed E-state index contributed by atoms with van der Waals surface area (Å²) in [6.07, 6.45) is 9.64. The molecule has 10 atom stereocenters. The van der Waals surface area contributed by atoms with Crippen LogP contribution in [0.4, 0.5) is 17.5 Å². The first kappa shape index (κ1) is 78.3. The van der Waals surface area contributed by atoms with Crippen molar-refractivity contribution in [2.75, 3.05) is 35.8 Å². The largest absolute Gasteiger partial charge is 0.466 e. The third kappa shape index (κ3) is 22.4. The fourth-order valence-electron chi connectivity index (χ4n) is 12.3. The van der Waals surface area contributed by atoms with Gasteiger partial charge in [0.15, 0.2) is 0 Å². The first-order chi connectivity index (χ1) is 48.9. The molecule has 3 fully saturated rings. The van der Waals surface area contributed by atoms with Gasteiger partial charge in [0.25, 0.3) is 0 Å². The molecule has 36 heteroatoms. The SMILES string of the molecule is Cc1ccc(Cc2csc(C(=O)c3cncnc3N[C@@H]3C[C@H](COS(N)(=O)=O)[C@@H](O)C3)c2)o1.Cc1cccc(C(C)c2csc(C(=O)c3cncnc3N[C@@H]3C[C@H](COS(N)(=O)=O)[C@@H](O)C3)c2)c1.NS(=O)(=O)OC[C@H]1C[C@@H](Nc2ncncc2C(=O)c2cc(Cc3cccc(Cl)c3)c(Br)s2)C[C@@H]1O. The number of benzene rings is 2. The minimum absolute atomic E-state index is 0.147. The summed E-state index contributed by atoms with van der Waals surface area (Å²) in [4.78, 5) is 66.3. The van der Waals surface area contributed by atoms with Crippen molar-refractivity contribution in [3.05, 3.63) is 212 Å². The predicted octanol–water partition coefficient (Wildman–Crippen LogP) is 8.58. The topological polar surface area (TPSA) is 447 Å². The van der Waals surface area contributed by atoms with Crippen molar-refractivity contribution in [3.63, 3.8) is 0 Å². The molecule has 12 rings (SSSR count). The summed E-state index contributed by atoms with van der Waals surface area (Å²) in [6.45, 7) is 5.43. The van der Waals surface area contributed by atoms with Crippen LogP contribution in [0, 0.1) is 31.6 Å². The number of hydrogen-bond donors (Lipinski definition) is 9. The monoisotopic (exact) mass is 1610 g/mol. The highest BCUT2D eigenvalue weighted by molar-refractivity contribution is 9.11. The van der Waals surface area contributed by atoms with Crippen molar-refractivity contribution in [1.82, 2.24) is 29.9 Å². The summed E-state index contributed by atoms with van der Waals surface area (Å²) in [5.41, 5.74) is 7.36. The molecule has 7 heterocycles. The van der Waals surface area contributed by atoms with Crippen LogP contribution < -0.4 is 31.4 Å². The van der Waals surface area contributed by atoms with Gasteiger partial charge in [-0.3, -0.25) is 26.9 Å². The number of aliphatic hydroxyl groups excluding tert-OH is 3. The van der Waals surface area contributed by atoms with E-state index in [2.05, 4.69) is 106 Å². The van der Waals surface area contributed by atoms with Gasteiger partial charge in [-0.2, -0.15) is 25.3 Å². The van der Waals surface area contributed by atoms with Gasteiger partial charge >= 0.3 is 30.9 Å². The minimum Gasteiger partial charge on any atom is -0.466 e. The predicted molar refractivity (Wildman–Crippen MR) is 392 cm³/mol. The molecular weight excluding hydrogens is 1540 g/mol. The number of rotatable bonds is 27. The number of furan rings is 1. The van der Waals surface area contributed by atoms with Crippen LogP contribution in [-0.2, 0) is 56.3 Å². The summed E-state index contributed by atoms with van der Waals surface area (Å²) in [7, 11) is -12.2. The molecule has 2 aromatic carbocycles. The lowest BCUT2D eigenvalue weighted by Crippen LogP contribution is -2.24. The lowest BCUT2D eigenvalue weighted by Gasteiger charge is -2.15. The second-order valence-corrected chi connectivity index (χ2v) is 33.5. The van der Waals surface area contributed by atoms with Crippen molar-refractivity contribution in [3.8, 4) is 0 Å². The highest BCUT2D eigenvalue weighted by Gasteiger charge is 2.38. The molecule has 12 N–H and O–H groups in total. The van der Waals surface area contributed by atoms with Gasteiger partial charge in [0, 0.05) is 71.8 Å². The summed E-state index contributed by atoms with van der Waals surface area (Å²) < 4.78 is 86.7. The number of nitrogens with one attached hydrogen (secondary N) is 3. The van der Waals surface area contributed by atoms with Crippen LogP contribution in [0.3, 0.4) is 0 Å². The molecule has 7 aromatic heterocycles. The zero-order valence-electron chi connectivity index (χ0n) is 55.4. The molecule has 0 bridgehead atoms. The van der Waals surface area contributed by atoms with Gasteiger partial charge in [-0.15, -0.1) is 34.0 Å². The Labute approximate surface area is 620 Å². The van der Waals surface area contributed by atoms with E-state index in [0.717, 1.165) is 37.6 Å². The van der Waals surface area contributed by atoms with Gasteiger partial charge in [-0.25, -0.2) is 45.3 Å². The average Bonchev–Trinajstić information content (AvgIpc) is 1.45. The number of nitrogens with zero attached hydrogens (tertiary/aromatic N) is 6. The number of aliphatic hydroxyl groups is 3. The van der Waals surface area contributed by atoms with E-state index < -0.39 is 67.0 Å². The summed E-state index contributed by atoms with van der Waals surface area (Å²) in [6, 6.07) is 24.6. The maximum absolute atomic E-state index is 13.4.